The Morgan fingerprint density at radius 1 is 1.71 bits per heavy atom. The molecule has 2 unspecified atom stereocenters. The second-order valence-electron chi connectivity index (χ2n) is 3.69. The van der Waals surface area contributed by atoms with Crippen molar-refractivity contribution in [3.05, 3.63) is 16.6 Å². The molecule has 3 atom stereocenters. The first kappa shape index (κ1) is 13.6. The molecule has 1 rings (SSSR count). The molecule has 96 valence electrons. The molecule has 17 heavy (non-hydrogen) atoms. The molecule has 1 aliphatic rings. The van der Waals surface area contributed by atoms with Gasteiger partial charge in [-0.15, -0.1) is 4.91 Å². The second-order valence-corrected chi connectivity index (χ2v) is 3.69. The Morgan fingerprint density at radius 3 is 2.88 bits per heavy atom. The maximum atomic E-state index is 11.3. The van der Waals surface area contributed by atoms with E-state index in [1.165, 1.54) is 7.05 Å². The van der Waals surface area contributed by atoms with Gasteiger partial charge in [0.2, 0.25) is 0 Å². The van der Waals surface area contributed by atoms with E-state index in [9.17, 15) is 14.8 Å². The summed E-state index contributed by atoms with van der Waals surface area (Å²) in [6, 6.07) is -1.53. The zero-order chi connectivity index (χ0) is 13.0. The van der Waals surface area contributed by atoms with Crippen LogP contribution in [0.3, 0.4) is 0 Å². The van der Waals surface area contributed by atoms with Crippen molar-refractivity contribution in [2.75, 3.05) is 13.7 Å². The van der Waals surface area contributed by atoms with E-state index >= 15 is 0 Å². The van der Waals surface area contributed by atoms with E-state index in [4.69, 9.17) is 9.84 Å². The van der Waals surface area contributed by atoms with Gasteiger partial charge in [0, 0.05) is 7.05 Å². The summed E-state index contributed by atoms with van der Waals surface area (Å²) in [6.45, 7) is 1.45. The van der Waals surface area contributed by atoms with Crippen LogP contribution in [0.5, 0.6) is 0 Å². The summed E-state index contributed by atoms with van der Waals surface area (Å²) in [6.07, 6.45) is -0.300. The highest BCUT2D eigenvalue weighted by molar-refractivity contribution is 5.74. The van der Waals surface area contributed by atoms with Crippen molar-refractivity contribution in [3.63, 3.8) is 0 Å². The third kappa shape index (κ3) is 3.22. The standard InChI is InChI=1S/C9H15N3O5/c1-5-3-6(8(14)17-7(5)4-13)10-9(15)12(2)11-16/h3,6-8,13-14H,4H2,1-2H3,(H,10,15)/t6-,7?,8?/m0/s1. The molecule has 0 aromatic rings. The lowest BCUT2D eigenvalue weighted by atomic mass is 10.1. The molecular weight excluding hydrogens is 230 g/mol. The molecule has 8 heteroatoms. The summed E-state index contributed by atoms with van der Waals surface area (Å²) in [5.41, 5.74) is 0.685. The fourth-order valence-electron chi connectivity index (χ4n) is 1.41. The monoisotopic (exact) mass is 245 g/mol. The van der Waals surface area contributed by atoms with Crippen molar-refractivity contribution in [2.45, 2.75) is 25.4 Å². The summed E-state index contributed by atoms with van der Waals surface area (Å²) >= 11 is 0. The highest BCUT2D eigenvalue weighted by Gasteiger charge is 2.30. The Morgan fingerprint density at radius 2 is 2.35 bits per heavy atom. The number of carbonyl (C=O) groups excluding carboxylic acids is 1. The number of hydrogen-bond acceptors (Lipinski definition) is 6. The molecule has 0 saturated heterocycles. The van der Waals surface area contributed by atoms with Gasteiger partial charge in [-0.2, -0.15) is 5.01 Å². The molecule has 1 aliphatic heterocycles. The molecule has 0 aromatic carbocycles. The van der Waals surface area contributed by atoms with Crippen LogP contribution in [0.4, 0.5) is 4.79 Å². The summed E-state index contributed by atoms with van der Waals surface area (Å²) in [4.78, 5) is 21.4. The van der Waals surface area contributed by atoms with E-state index in [0.29, 0.717) is 10.6 Å². The van der Waals surface area contributed by atoms with Crippen molar-refractivity contribution in [2.24, 2.45) is 5.29 Å². The minimum atomic E-state index is -1.28. The van der Waals surface area contributed by atoms with Gasteiger partial charge in [0.15, 0.2) is 6.29 Å². The predicted molar refractivity (Wildman–Crippen MR) is 57.6 cm³/mol. The number of aliphatic hydroxyl groups excluding tert-OH is 2. The van der Waals surface area contributed by atoms with E-state index in [1.54, 1.807) is 13.0 Å². The SMILES string of the molecule is CC1=C[C@H](NC(=O)N(C)N=O)C(O)OC1CO. The number of ether oxygens (including phenoxy) is 1. The largest absolute Gasteiger partial charge is 0.393 e. The molecule has 2 amide bonds. The topological polar surface area (TPSA) is 111 Å². The molecule has 0 aromatic heterocycles. The molecule has 1 heterocycles. The Balaban J connectivity index is 2.69. The van der Waals surface area contributed by atoms with E-state index < -0.39 is 24.5 Å². The average molecular weight is 245 g/mol. The second kappa shape index (κ2) is 5.71. The Hall–Kier alpha value is -1.51. The average Bonchev–Trinajstić information content (AvgIpc) is 2.32. The van der Waals surface area contributed by atoms with E-state index in [1.807, 2.05) is 0 Å². The number of nitrogens with zero attached hydrogens (tertiary/aromatic N) is 2. The number of nitroso groups, excluding NO2 is 1. The van der Waals surface area contributed by atoms with Crippen molar-refractivity contribution >= 4 is 6.03 Å². The number of carbonyl (C=O) groups is 1. The smallest absolute Gasteiger partial charge is 0.340 e. The van der Waals surface area contributed by atoms with E-state index in [2.05, 4.69) is 10.6 Å². The number of amides is 2. The highest BCUT2D eigenvalue weighted by atomic mass is 16.6. The van der Waals surface area contributed by atoms with Crippen molar-refractivity contribution in [3.8, 4) is 0 Å². The van der Waals surface area contributed by atoms with Gasteiger partial charge in [0.1, 0.15) is 12.1 Å². The zero-order valence-electron chi connectivity index (χ0n) is 9.53. The molecule has 0 saturated carbocycles. The minimum absolute atomic E-state index is 0.254. The molecule has 0 bridgehead atoms. The van der Waals surface area contributed by atoms with Gasteiger partial charge in [-0.3, -0.25) is 0 Å². The first-order valence-electron chi connectivity index (χ1n) is 4.99. The lowest BCUT2D eigenvalue weighted by Crippen LogP contribution is -2.50. The number of hydrogen-bond donors (Lipinski definition) is 3. The van der Waals surface area contributed by atoms with Crippen LogP contribution < -0.4 is 5.32 Å². The van der Waals surface area contributed by atoms with Crippen LogP contribution in [0, 0.1) is 4.91 Å². The van der Waals surface area contributed by atoms with Gasteiger partial charge < -0.3 is 20.3 Å². The van der Waals surface area contributed by atoms with Crippen molar-refractivity contribution in [1.29, 1.82) is 0 Å². The van der Waals surface area contributed by atoms with Crippen LogP contribution in [-0.2, 0) is 4.74 Å². The zero-order valence-corrected chi connectivity index (χ0v) is 9.53. The quantitative estimate of drug-likeness (QED) is 0.347. The normalized spacial score (nSPS) is 28.2. The summed E-state index contributed by atoms with van der Waals surface area (Å²) in [7, 11) is 1.19. The fraction of sp³-hybridized carbons (Fsp3) is 0.667. The van der Waals surface area contributed by atoms with Gasteiger partial charge >= 0.3 is 6.03 Å². The van der Waals surface area contributed by atoms with Crippen LogP contribution in [0.15, 0.2) is 16.9 Å². The molecule has 3 N–H and O–H groups in total. The van der Waals surface area contributed by atoms with Crippen LogP contribution in [0.25, 0.3) is 0 Å². The molecule has 0 aliphatic carbocycles. The number of urea groups is 1. The van der Waals surface area contributed by atoms with Crippen LogP contribution in [-0.4, -0.2) is 53.3 Å². The van der Waals surface area contributed by atoms with Gasteiger partial charge in [-0.05, 0) is 12.5 Å². The molecular formula is C9H15N3O5. The van der Waals surface area contributed by atoms with Crippen LogP contribution >= 0.6 is 0 Å². The maximum Gasteiger partial charge on any atom is 0.340 e. The third-order valence-corrected chi connectivity index (χ3v) is 2.43. The number of nitrogens with one attached hydrogen (secondary N) is 1. The van der Waals surface area contributed by atoms with Crippen LogP contribution in [0.2, 0.25) is 0 Å². The first-order chi connectivity index (χ1) is 7.99. The fourth-order valence-corrected chi connectivity index (χ4v) is 1.41. The lowest BCUT2D eigenvalue weighted by Gasteiger charge is -2.31. The molecule has 0 fully saturated rings. The lowest BCUT2D eigenvalue weighted by molar-refractivity contribution is -0.151. The predicted octanol–water partition coefficient (Wildman–Crippen LogP) is -0.666. The molecule has 0 radical (unpaired) electrons. The minimum Gasteiger partial charge on any atom is -0.393 e. The Kier molecular flexibility index (Phi) is 4.55. The molecule has 8 nitrogen and oxygen atoms in total. The first-order valence-corrected chi connectivity index (χ1v) is 4.99. The number of rotatable bonds is 3. The van der Waals surface area contributed by atoms with Crippen LogP contribution in [0.1, 0.15) is 6.92 Å². The van der Waals surface area contributed by atoms with Gasteiger partial charge in [-0.1, -0.05) is 6.08 Å². The van der Waals surface area contributed by atoms with Crippen molar-refractivity contribution in [1.82, 2.24) is 10.3 Å². The summed E-state index contributed by atoms with van der Waals surface area (Å²) in [5.74, 6) is 0. The van der Waals surface area contributed by atoms with Gasteiger partial charge in [0.05, 0.1) is 11.9 Å². The van der Waals surface area contributed by atoms with Crippen molar-refractivity contribution < 1.29 is 19.7 Å². The Labute approximate surface area is 97.8 Å². The maximum absolute atomic E-state index is 11.3. The van der Waals surface area contributed by atoms with Gasteiger partial charge in [-0.25, -0.2) is 4.79 Å². The summed E-state index contributed by atoms with van der Waals surface area (Å²) in [5, 5.41) is 23.9. The van der Waals surface area contributed by atoms with E-state index in [-0.39, 0.29) is 6.61 Å². The van der Waals surface area contributed by atoms with E-state index in [0.717, 1.165) is 0 Å². The number of aliphatic hydroxyl groups is 2. The third-order valence-electron chi connectivity index (χ3n) is 2.43. The molecule has 0 spiro atoms. The Bertz CT molecular complexity index is 333. The highest BCUT2D eigenvalue weighted by Crippen LogP contribution is 2.17. The van der Waals surface area contributed by atoms with Gasteiger partial charge in [0.25, 0.3) is 0 Å². The summed E-state index contributed by atoms with van der Waals surface area (Å²) < 4.78 is 5.07.